The van der Waals surface area contributed by atoms with Crippen molar-refractivity contribution in [3.05, 3.63) is 29.8 Å². The van der Waals surface area contributed by atoms with Crippen LogP contribution >= 0.6 is 0 Å². The first kappa shape index (κ1) is 15.8. The number of alkyl halides is 3. The van der Waals surface area contributed by atoms with E-state index in [1.807, 2.05) is 0 Å². The molecule has 0 aromatic heterocycles. The molecule has 19 heavy (non-hydrogen) atoms. The second-order valence-corrected chi connectivity index (χ2v) is 4.65. The highest BCUT2D eigenvalue weighted by Crippen LogP contribution is 2.38. The first-order valence-electron chi connectivity index (χ1n) is 6.31. The summed E-state index contributed by atoms with van der Waals surface area (Å²) in [6, 6.07) is 5.37. The zero-order chi connectivity index (χ0) is 14.5. The number of hydrogen-bond acceptors (Lipinski definition) is 2. The molecule has 5 heteroatoms. The second kappa shape index (κ2) is 6.28. The lowest BCUT2D eigenvalue weighted by molar-refractivity contribution is -0.258. The van der Waals surface area contributed by atoms with Crippen molar-refractivity contribution < 1.29 is 23.0 Å². The zero-order valence-corrected chi connectivity index (χ0v) is 11.1. The van der Waals surface area contributed by atoms with Crippen molar-refractivity contribution in [2.24, 2.45) is 0 Å². The van der Waals surface area contributed by atoms with Gasteiger partial charge in [-0.05, 0) is 31.0 Å². The van der Waals surface area contributed by atoms with Gasteiger partial charge in [-0.25, -0.2) is 0 Å². The Kier molecular flexibility index (Phi) is 5.23. The van der Waals surface area contributed by atoms with Crippen LogP contribution in [0, 0.1) is 0 Å². The molecule has 0 amide bonds. The molecule has 1 aromatic rings. The normalized spacial score (nSPS) is 15.1. The molecule has 0 saturated carbocycles. The maximum Gasteiger partial charge on any atom is 0.421 e. The van der Waals surface area contributed by atoms with Crippen LogP contribution in [-0.4, -0.2) is 17.9 Å². The number of unbranched alkanes of at least 4 members (excludes halogenated alkanes) is 2. The highest BCUT2D eigenvalue weighted by molar-refractivity contribution is 5.31. The fourth-order valence-corrected chi connectivity index (χ4v) is 1.58. The van der Waals surface area contributed by atoms with Gasteiger partial charge >= 0.3 is 6.18 Å². The summed E-state index contributed by atoms with van der Waals surface area (Å²) in [5.41, 5.74) is -3.03. The van der Waals surface area contributed by atoms with E-state index in [2.05, 4.69) is 6.92 Å². The minimum Gasteiger partial charge on any atom is -0.494 e. The predicted octanol–water partition coefficient (Wildman–Crippen LogP) is 4.03. The van der Waals surface area contributed by atoms with Gasteiger partial charge in [0.25, 0.3) is 0 Å². The topological polar surface area (TPSA) is 29.5 Å². The van der Waals surface area contributed by atoms with E-state index in [0.717, 1.165) is 26.2 Å². The molecule has 1 aromatic carbocycles. The smallest absolute Gasteiger partial charge is 0.421 e. The number of rotatable bonds is 6. The molecule has 0 heterocycles. The second-order valence-electron chi connectivity index (χ2n) is 4.65. The van der Waals surface area contributed by atoms with Gasteiger partial charge in [0.15, 0.2) is 5.60 Å². The Labute approximate surface area is 111 Å². The summed E-state index contributed by atoms with van der Waals surface area (Å²) in [5.74, 6) is 0.512. The SMILES string of the molecule is CCCCCOc1ccc(C(C)(O)C(F)(F)F)cc1. The standard InChI is InChI=1S/C14H19F3O2/c1-3-4-5-10-19-12-8-6-11(7-9-12)13(2,18)14(15,16)17/h6-9,18H,3-5,10H2,1-2H3. The van der Waals surface area contributed by atoms with E-state index < -0.39 is 11.8 Å². The minimum atomic E-state index is -4.70. The molecule has 108 valence electrons. The van der Waals surface area contributed by atoms with Crippen molar-refractivity contribution in [2.75, 3.05) is 6.61 Å². The van der Waals surface area contributed by atoms with Crippen molar-refractivity contribution in [1.29, 1.82) is 0 Å². The van der Waals surface area contributed by atoms with Gasteiger partial charge in [-0.2, -0.15) is 13.2 Å². The fraction of sp³-hybridized carbons (Fsp3) is 0.571. The van der Waals surface area contributed by atoms with Gasteiger partial charge in [-0.1, -0.05) is 31.9 Å². The Bertz CT molecular complexity index is 383. The maximum absolute atomic E-state index is 12.6. The summed E-state index contributed by atoms with van der Waals surface area (Å²) in [4.78, 5) is 0. The fourth-order valence-electron chi connectivity index (χ4n) is 1.58. The summed E-state index contributed by atoms with van der Waals surface area (Å²) in [5, 5.41) is 9.49. The van der Waals surface area contributed by atoms with E-state index in [1.165, 1.54) is 24.3 Å². The van der Waals surface area contributed by atoms with Crippen molar-refractivity contribution in [2.45, 2.75) is 44.9 Å². The first-order chi connectivity index (χ1) is 8.79. The van der Waals surface area contributed by atoms with Gasteiger partial charge in [0.1, 0.15) is 5.75 Å². The first-order valence-corrected chi connectivity index (χ1v) is 6.31. The van der Waals surface area contributed by atoms with Crippen LogP contribution in [0.1, 0.15) is 38.7 Å². The lowest BCUT2D eigenvalue weighted by Crippen LogP contribution is -2.39. The highest BCUT2D eigenvalue weighted by atomic mass is 19.4. The molecular weight excluding hydrogens is 257 g/mol. The van der Waals surface area contributed by atoms with Gasteiger partial charge < -0.3 is 9.84 Å². The quantitative estimate of drug-likeness (QED) is 0.795. The summed E-state index contributed by atoms with van der Waals surface area (Å²) >= 11 is 0. The molecule has 0 aliphatic carbocycles. The predicted molar refractivity (Wildman–Crippen MR) is 67.1 cm³/mol. The number of ether oxygens (including phenoxy) is 1. The maximum atomic E-state index is 12.6. The van der Waals surface area contributed by atoms with Crippen LogP contribution in [0.15, 0.2) is 24.3 Å². The lowest BCUT2D eigenvalue weighted by atomic mass is 9.95. The summed E-state index contributed by atoms with van der Waals surface area (Å²) in [6.45, 7) is 3.36. The van der Waals surface area contributed by atoms with Crippen molar-refractivity contribution in [3.63, 3.8) is 0 Å². The van der Waals surface area contributed by atoms with E-state index in [1.54, 1.807) is 0 Å². The van der Waals surface area contributed by atoms with Gasteiger partial charge in [0, 0.05) is 0 Å². The third-order valence-electron chi connectivity index (χ3n) is 2.99. The van der Waals surface area contributed by atoms with Crippen LogP contribution in [-0.2, 0) is 5.60 Å². The molecule has 0 radical (unpaired) electrons. The highest BCUT2D eigenvalue weighted by Gasteiger charge is 2.51. The van der Waals surface area contributed by atoms with E-state index in [4.69, 9.17) is 4.74 Å². The Morgan fingerprint density at radius 2 is 1.68 bits per heavy atom. The molecule has 0 bridgehead atoms. The molecule has 0 aliphatic rings. The van der Waals surface area contributed by atoms with Crippen LogP contribution in [0.3, 0.4) is 0 Å². The molecule has 1 rings (SSSR count). The van der Waals surface area contributed by atoms with Crippen molar-refractivity contribution >= 4 is 0 Å². The number of hydrogen-bond donors (Lipinski definition) is 1. The molecule has 1 atom stereocenters. The van der Waals surface area contributed by atoms with Crippen LogP contribution in [0.4, 0.5) is 13.2 Å². The monoisotopic (exact) mass is 276 g/mol. The molecule has 0 aliphatic heterocycles. The summed E-state index contributed by atoms with van der Waals surface area (Å²) < 4.78 is 43.3. The third-order valence-corrected chi connectivity index (χ3v) is 2.99. The van der Waals surface area contributed by atoms with Crippen molar-refractivity contribution in [3.8, 4) is 5.75 Å². The Morgan fingerprint density at radius 1 is 1.11 bits per heavy atom. The van der Waals surface area contributed by atoms with E-state index in [-0.39, 0.29) is 5.56 Å². The molecular formula is C14H19F3O2. The lowest BCUT2D eigenvalue weighted by Gasteiger charge is -2.26. The molecule has 0 fully saturated rings. The van der Waals surface area contributed by atoms with Crippen LogP contribution < -0.4 is 4.74 Å². The van der Waals surface area contributed by atoms with Crippen molar-refractivity contribution in [1.82, 2.24) is 0 Å². The number of benzene rings is 1. The average Bonchev–Trinajstić information content (AvgIpc) is 2.34. The minimum absolute atomic E-state index is 0.194. The van der Waals surface area contributed by atoms with E-state index >= 15 is 0 Å². The molecule has 1 N–H and O–H groups in total. The van der Waals surface area contributed by atoms with Crippen LogP contribution in [0.2, 0.25) is 0 Å². The Hall–Kier alpha value is -1.23. The Morgan fingerprint density at radius 3 is 2.16 bits per heavy atom. The average molecular weight is 276 g/mol. The van der Waals surface area contributed by atoms with Gasteiger partial charge in [0.2, 0.25) is 0 Å². The molecule has 0 spiro atoms. The summed E-state index contributed by atoms with van der Waals surface area (Å²) in [7, 11) is 0. The van der Waals surface area contributed by atoms with Crippen LogP contribution in [0.25, 0.3) is 0 Å². The van der Waals surface area contributed by atoms with Gasteiger partial charge in [0.05, 0.1) is 6.61 Å². The van der Waals surface area contributed by atoms with Crippen LogP contribution in [0.5, 0.6) is 5.75 Å². The number of aliphatic hydroxyl groups is 1. The van der Waals surface area contributed by atoms with Gasteiger partial charge in [-0.15, -0.1) is 0 Å². The van der Waals surface area contributed by atoms with E-state index in [9.17, 15) is 18.3 Å². The largest absolute Gasteiger partial charge is 0.494 e. The van der Waals surface area contributed by atoms with Gasteiger partial charge in [-0.3, -0.25) is 0 Å². The summed E-state index contributed by atoms with van der Waals surface area (Å²) in [6.07, 6.45) is -1.65. The number of halogens is 3. The third kappa shape index (κ3) is 4.13. The molecule has 0 saturated heterocycles. The molecule has 1 unspecified atom stereocenters. The van der Waals surface area contributed by atoms with E-state index in [0.29, 0.717) is 12.4 Å². The Balaban J connectivity index is 2.66. The molecule has 2 nitrogen and oxygen atoms in total. The zero-order valence-electron chi connectivity index (χ0n) is 11.1.